The summed E-state index contributed by atoms with van der Waals surface area (Å²) >= 11 is 0. The Hall–Kier alpha value is -2.67. The van der Waals surface area contributed by atoms with E-state index in [9.17, 15) is 4.79 Å². The van der Waals surface area contributed by atoms with Gasteiger partial charge in [0.15, 0.2) is 0 Å². The molecule has 0 radical (unpaired) electrons. The zero-order chi connectivity index (χ0) is 16.5. The molecule has 0 aliphatic carbocycles. The predicted octanol–water partition coefficient (Wildman–Crippen LogP) is 1.76. The summed E-state index contributed by atoms with van der Waals surface area (Å²) in [6, 6.07) is 10.1. The van der Waals surface area contributed by atoms with Crippen LogP contribution in [0.5, 0.6) is 5.75 Å². The van der Waals surface area contributed by atoms with E-state index in [0.29, 0.717) is 18.4 Å². The van der Waals surface area contributed by atoms with Crippen molar-refractivity contribution in [3.8, 4) is 5.75 Å². The molecule has 1 aliphatic rings. The summed E-state index contributed by atoms with van der Waals surface area (Å²) in [6.07, 6.45) is 3.70. The summed E-state index contributed by atoms with van der Waals surface area (Å²) in [7, 11) is 1.68. The first-order chi connectivity index (χ1) is 11.7. The Bertz CT molecular complexity index is 916. The molecule has 1 atom stereocenters. The summed E-state index contributed by atoms with van der Waals surface area (Å²) < 4.78 is 6.68. The van der Waals surface area contributed by atoms with Gasteiger partial charge in [-0.1, -0.05) is 12.1 Å². The number of benzene rings is 1. The highest BCUT2D eigenvalue weighted by Crippen LogP contribution is 2.34. The summed E-state index contributed by atoms with van der Waals surface area (Å²) in [4.78, 5) is 23.0. The van der Waals surface area contributed by atoms with Crippen LogP contribution in [0.2, 0.25) is 0 Å². The second-order valence-corrected chi connectivity index (χ2v) is 6.01. The molecule has 0 saturated carbocycles. The molecule has 24 heavy (non-hydrogen) atoms. The lowest BCUT2D eigenvalue weighted by Crippen LogP contribution is -2.25. The quantitative estimate of drug-likeness (QED) is 0.791. The highest BCUT2D eigenvalue weighted by atomic mass is 16.5. The highest BCUT2D eigenvalue weighted by molar-refractivity contribution is 5.31. The SMILES string of the molecule is COc1cccc(C2CCCN2Cc2cc(=O)n3[nH]cnc3n2)c1. The lowest BCUT2D eigenvalue weighted by atomic mass is 10.0. The van der Waals surface area contributed by atoms with Crippen molar-refractivity contribution in [2.24, 2.45) is 0 Å². The maximum Gasteiger partial charge on any atom is 0.274 e. The van der Waals surface area contributed by atoms with E-state index in [-0.39, 0.29) is 5.56 Å². The summed E-state index contributed by atoms with van der Waals surface area (Å²) in [5.74, 6) is 1.28. The Morgan fingerprint density at radius 2 is 2.29 bits per heavy atom. The number of aromatic nitrogens is 4. The average molecular weight is 325 g/mol. The Labute approximate surface area is 138 Å². The van der Waals surface area contributed by atoms with Gasteiger partial charge >= 0.3 is 0 Å². The summed E-state index contributed by atoms with van der Waals surface area (Å²) in [5.41, 5.74) is 1.86. The summed E-state index contributed by atoms with van der Waals surface area (Å²) in [5, 5.41) is 2.76. The van der Waals surface area contributed by atoms with Crippen LogP contribution in [0.1, 0.15) is 30.1 Å². The van der Waals surface area contributed by atoms with Crippen LogP contribution in [0.15, 0.2) is 41.5 Å². The van der Waals surface area contributed by atoms with E-state index in [1.807, 2.05) is 12.1 Å². The molecule has 1 N–H and O–H groups in total. The van der Waals surface area contributed by atoms with Crippen LogP contribution in [0.4, 0.5) is 0 Å². The number of hydrogen-bond acceptors (Lipinski definition) is 5. The number of nitrogens with zero attached hydrogens (tertiary/aromatic N) is 4. The summed E-state index contributed by atoms with van der Waals surface area (Å²) in [6.45, 7) is 1.63. The maximum absolute atomic E-state index is 12.1. The molecule has 0 spiro atoms. The third-order valence-corrected chi connectivity index (χ3v) is 4.53. The second kappa shape index (κ2) is 6.09. The first-order valence-corrected chi connectivity index (χ1v) is 8.04. The fourth-order valence-electron chi connectivity index (χ4n) is 3.40. The molecule has 4 rings (SSSR count). The third kappa shape index (κ3) is 2.67. The molecular formula is C17H19N5O2. The van der Waals surface area contributed by atoms with Crippen molar-refractivity contribution in [3.63, 3.8) is 0 Å². The predicted molar refractivity (Wildman–Crippen MR) is 89.0 cm³/mol. The van der Waals surface area contributed by atoms with Crippen LogP contribution in [0.3, 0.4) is 0 Å². The van der Waals surface area contributed by atoms with E-state index in [1.165, 1.54) is 16.4 Å². The van der Waals surface area contributed by atoms with Crippen molar-refractivity contribution in [1.29, 1.82) is 0 Å². The molecule has 1 unspecified atom stereocenters. The van der Waals surface area contributed by atoms with E-state index in [2.05, 4.69) is 32.1 Å². The molecule has 0 amide bonds. The first-order valence-electron chi connectivity index (χ1n) is 8.04. The van der Waals surface area contributed by atoms with E-state index in [1.54, 1.807) is 13.2 Å². The Morgan fingerprint density at radius 3 is 3.17 bits per heavy atom. The molecule has 2 aromatic heterocycles. The number of hydrogen-bond donors (Lipinski definition) is 1. The fraction of sp³-hybridized carbons (Fsp3) is 0.353. The monoisotopic (exact) mass is 325 g/mol. The molecule has 0 bridgehead atoms. The van der Waals surface area contributed by atoms with Crippen LogP contribution >= 0.6 is 0 Å². The molecule has 1 fully saturated rings. The second-order valence-electron chi connectivity index (χ2n) is 6.01. The zero-order valence-electron chi connectivity index (χ0n) is 13.5. The van der Waals surface area contributed by atoms with Crippen LogP contribution in [0.25, 0.3) is 5.78 Å². The molecule has 3 heterocycles. The smallest absolute Gasteiger partial charge is 0.274 e. The molecular weight excluding hydrogens is 306 g/mol. The molecule has 7 nitrogen and oxygen atoms in total. The van der Waals surface area contributed by atoms with Crippen LogP contribution in [-0.4, -0.2) is 38.1 Å². The van der Waals surface area contributed by atoms with E-state index in [0.717, 1.165) is 30.8 Å². The van der Waals surface area contributed by atoms with Crippen molar-refractivity contribution in [2.45, 2.75) is 25.4 Å². The normalized spacial score (nSPS) is 18.3. The van der Waals surface area contributed by atoms with Gasteiger partial charge in [0.05, 0.1) is 12.8 Å². The number of fused-ring (bicyclic) bond motifs is 1. The van der Waals surface area contributed by atoms with Gasteiger partial charge in [-0.25, -0.2) is 9.97 Å². The Morgan fingerprint density at radius 1 is 1.38 bits per heavy atom. The van der Waals surface area contributed by atoms with Gasteiger partial charge in [-0.15, -0.1) is 0 Å². The van der Waals surface area contributed by atoms with Gasteiger partial charge in [-0.05, 0) is 37.1 Å². The fourth-order valence-corrected chi connectivity index (χ4v) is 3.40. The number of likely N-dealkylation sites (tertiary alicyclic amines) is 1. The van der Waals surface area contributed by atoms with Gasteiger partial charge in [-0.3, -0.25) is 14.8 Å². The van der Waals surface area contributed by atoms with E-state index >= 15 is 0 Å². The molecule has 7 heteroatoms. The molecule has 1 saturated heterocycles. The van der Waals surface area contributed by atoms with Crippen molar-refractivity contribution < 1.29 is 4.74 Å². The standard InChI is InChI=1S/C17H19N5O2/c1-24-14-5-2-4-12(8-14)15-6-3-7-21(15)10-13-9-16(23)22-17(20-13)18-11-19-22/h2,4-5,8-9,11,15H,3,6-7,10H2,1H3,(H,18,19,20). The van der Waals surface area contributed by atoms with Crippen LogP contribution < -0.4 is 10.3 Å². The van der Waals surface area contributed by atoms with Gasteiger partial charge in [0.1, 0.15) is 12.1 Å². The molecule has 3 aromatic rings. The molecule has 1 aromatic carbocycles. The number of nitrogens with one attached hydrogen (secondary N) is 1. The van der Waals surface area contributed by atoms with Crippen molar-refractivity contribution >= 4 is 5.78 Å². The van der Waals surface area contributed by atoms with Gasteiger partial charge in [0, 0.05) is 18.7 Å². The van der Waals surface area contributed by atoms with Crippen LogP contribution in [-0.2, 0) is 6.54 Å². The van der Waals surface area contributed by atoms with Gasteiger partial charge in [-0.2, -0.15) is 4.52 Å². The minimum atomic E-state index is -0.135. The highest BCUT2D eigenvalue weighted by Gasteiger charge is 2.26. The van der Waals surface area contributed by atoms with Crippen LogP contribution in [0, 0.1) is 0 Å². The minimum absolute atomic E-state index is 0.135. The number of aromatic amines is 1. The first kappa shape index (κ1) is 14.9. The molecule has 1 aliphatic heterocycles. The number of H-pyrrole nitrogens is 1. The molecule has 124 valence electrons. The lowest BCUT2D eigenvalue weighted by molar-refractivity contribution is 0.245. The minimum Gasteiger partial charge on any atom is -0.497 e. The lowest BCUT2D eigenvalue weighted by Gasteiger charge is -2.24. The Kier molecular flexibility index (Phi) is 3.78. The van der Waals surface area contributed by atoms with Gasteiger partial charge < -0.3 is 4.74 Å². The van der Waals surface area contributed by atoms with Gasteiger partial charge in [0.2, 0.25) is 0 Å². The maximum atomic E-state index is 12.1. The third-order valence-electron chi connectivity index (χ3n) is 4.53. The Balaban J connectivity index is 1.61. The van der Waals surface area contributed by atoms with E-state index in [4.69, 9.17) is 4.74 Å². The van der Waals surface area contributed by atoms with E-state index < -0.39 is 0 Å². The van der Waals surface area contributed by atoms with Crippen molar-refractivity contribution in [2.75, 3.05) is 13.7 Å². The topological polar surface area (TPSA) is 75.5 Å². The number of rotatable bonds is 4. The zero-order valence-corrected chi connectivity index (χ0v) is 13.5. The average Bonchev–Trinajstić information content (AvgIpc) is 3.24. The van der Waals surface area contributed by atoms with Gasteiger partial charge in [0.25, 0.3) is 11.3 Å². The van der Waals surface area contributed by atoms with Crippen molar-refractivity contribution in [3.05, 3.63) is 58.3 Å². The number of methoxy groups -OCH3 is 1. The largest absolute Gasteiger partial charge is 0.497 e. The van der Waals surface area contributed by atoms with Crippen molar-refractivity contribution in [1.82, 2.24) is 24.5 Å². The number of ether oxygens (including phenoxy) is 1.